The van der Waals surface area contributed by atoms with Crippen LogP contribution in [-0.4, -0.2) is 0 Å². The molecule has 78 valence electrons. The summed E-state index contributed by atoms with van der Waals surface area (Å²) in [6.07, 6.45) is 14.2. The van der Waals surface area contributed by atoms with Gasteiger partial charge in [-0.3, -0.25) is 0 Å². The van der Waals surface area contributed by atoms with Crippen LogP contribution < -0.4 is 0 Å². The standard InChI is InChI=1S/C13H26/c1-4-5-6-7-8-9-10-11-12-13(2)3/h4-5,13H,6-12H2,1-3H3/b5-4+. The van der Waals surface area contributed by atoms with E-state index in [2.05, 4.69) is 32.9 Å². The maximum absolute atomic E-state index is 2.31. The van der Waals surface area contributed by atoms with Gasteiger partial charge in [-0.1, -0.05) is 58.1 Å². The first kappa shape index (κ1) is 12.7. The summed E-state index contributed by atoms with van der Waals surface area (Å²) in [5, 5.41) is 0. The summed E-state index contributed by atoms with van der Waals surface area (Å²) in [5.74, 6) is 0.892. The van der Waals surface area contributed by atoms with Crippen molar-refractivity contribution >= 4 is 0 Å². The third kappa shape index (κ3) is 11.7. The fourth-order valence-corrected chi connectivity index (χ4v) is 1.51. The van der Waals surface area contributed by atoms with Crippen molar-refractivity contribution < 1.29 is 0 Å². The molecule has 0 saturated heterocycles. The Balaban J connectivity index is 2.91. The van der Waals surface area contributed by atoms with Gasteiger partial charge in [-0.15, -0.1) is 0 Å². The highest BCUT2D eigenvalue weighted by atomic mass is 14.0. The molecule has 0 aromatic heterocycles. The van der Waals surface area contributed by atoms with Crippen molar-refractivity contribution in [3.8, 4) is 0 Å². The number of hydrogen-bond donors (Lipinski definition) is 0. The zero-order valence-corrected chi connectivity index (χ0v) is 9.68. The number of hydrogen-bond acceptors (Lipinski definition) is 0. The number of rotatable bonds is 8. The maximum Gasteiger partial charge on any atom is -0.0351 e. The van der Waals surface area contributed by atoms with E-state index in [1.807, 2.05) is 0 Å². The zero-order valence-electron chi connectivity index (χ0n) is 9.68. The molecule has 0 bridgehead atoms. The molecule has 13 heavy (non-hydrogen) atoms. The Morgan fingerprint density at radius 3 is 2.15 bits per heavy atom. The fraction of sp³-hybridized carbons (Fsp3) is 0.846. The largest absolute Gasteiger partial charge is 0.0917 e. The summed E-state index contributed by atoms with van der Waals surface area (Å²) in [6.45, 7) is 6.72. The Morgan fingerprint density at radius 1 is 0.923 bits per heavy atom. The molecule has 0 unspecified atom stereocenters. The average Bonchev–Trinajstić information content (AvgIpc) is 2.09. The summed E-state index contributed by atoms with van der Waals surface area (Å²) in [7, 11) is 0. The third-order valence-electron chi connectivity index (χ3n) is 2.39. The molecule has 0 saturated carbocycles. The Morgan fingerprint density at radius 2 is 1.54 bits per heavy atom. The third-order valence-corrected chi connectivity index (χ3v) is 2.39. The normalized spacial score (nSPS) is 11.7. The molecule has 0 aliphatic rings. The molecule has 0 aromatic rings. The molecule has 0 fully saturated rings. The van der Waals surface area contributed by atoms with Gasteiger partial charge in [0.1, 0.15) is 0 Å². The van der Waals surface area contributed by atoms with Gasteiger partial charge in [-0.2, -0.15) is 0 Å². The Labute approximate surface area is 84.4 Å². The number of allylic oxidation sites excluding steroid dienone is 2. The molecule has 0 heterocycles. The van der Waals surface area contributed by atoms with Crippen molar-refractivity contribution in [1.29, 1.82) is 0 Å². The second-order valence-corrected chi connectivity index (χ2v) is 4.31. The molecule has 0 atom stereocenters. The van der Waals surface area contributed by atoms with Crippen molar-refractivity contribution in [1.82, 2.24) is 0 Å². The highest BCUT2D eigenvalue weighted by Crippen LogP contribution is 2.11. The lowest BCUT2D eigenvalue weighted by Crippen LogP contribution is -1.86. The van der Waals surface area contributed by atoms with Gasteiger partial charge in [0.05, 0.1) is 0 Å². The van der Waals surface area contributed by atoms with E-state index in [0.717, 1.165) is 5.92 Å². The summed E-state index contributed by atoms with van der Waals surface area (Å²) in [6, 6.07) is 0. The van der Waals surface area contributed by atoms with E-state index in [1.165, 1.54) is 44.9 Å². The van der Waals surface area contributed by atoms with Crippen molar-refractivity contribution in [3.05, 3.63) is 12.2 Å². The lowest BCUT2D eigenvalue weighted by molar-refractivity contribution is 0.516. The SMILES string of the molecule is C/C=C/CCCCCCCC(C)C. The van der Waals surface area contributed by atoms with Gasteiger partial charge >= 0.3 is 0 Å². The van der Waals surface area contributed by atoms with Gasteiger partial charge in [0.25, 0.3) is 0 Å². The minimum Gasteiger partial charge on any atom is -0.0917 e. The van der Waals surface area contributed by atoms with Gasteiger partial charge in [-0.05, 0) is 25.7 Å². The summed E-state index contributed by atoms with van der Waals surface area (Å²) >= 11 is 0. The van der Waals surface area contributed by atoms with E-state index in [1.54, 1.807) is 0 Å². The molecular weight excluding hydrogens is 156 g/mol. The van der Waals surface area contributed by atoms with Crippen LogP contribution in [0, 0.1) is 5.92 Å². The summed E-state index contributed by atoms with van der Waals surface area (Å²) < 4.78 is 0. The predicted octanol–water partition coefficient (Wildman–Crippen LogP) is 4.95. The minimum atomic E-state index is 0.892. The molecule has 0 amide bonds. The van der Waals surface area contributed by atoms with E-state index in [9.17, 15) is 0 Å². The molecule has 0 N–H and O–H groups in total. The lowest BCUT2D eigenvalue weighted by atomic mass is 10.0. The number of unbranched alkanes of at least 4 members (excludes halogenated alkanes) is 5. The Kier molecular flexibility index (Phi) is 9.63. The van der Waals surface area contributed by atoms with E-state index in [-0.39, 0.29) is 0 Å². The van der Waals surface area contributed by atoms with E-state index < -0.39 is 0 Å². The molecular formula is C13H26. The van der Waals surface area contributed by atoms with Gasteiger partial charge in [0.2, 0.25) is 0 Å². The van der Waals surface area contributed by atoms with Crippen molar-refractivity contribution in [2.24, 2.45) is 5.92 Å². The second-order valence-electron chi connectivity index (χ2n) is 4.31. The second kappa shape index (κ2) is 9.83. The molecule has 0 rings (SSSR count). The highest BCUT2D eigenvalue weighted by molar-refractivity contribution is 4.76. The van der Waals surface area contributed by atoms with Crippen LogP contribution in [0.5, 0.6) is 0 Å². The molecule has 0 radical (unpaired) electrons. The van der Waals surface area contributed by atoms with Crippen LogP contribution in [-0.2, 0) is 0 Å². The van der Waals surface area contributed by atoms with E-state index >= 15 is 0 Å². The average molecular weight is 182 g/mol. The first-order valence-electron chi connectivity index (χ1n) is 5.88. The zero-order chi connectivity index (χ0) is 9.94. The fourth-order valence-electron chi connectivity index (χ4n) is 1.51. The summed E-state index contributed by atoms with van der Waals surface area (Å²) in [4.78, 5) is 0. The van der Waals surface area contributed by atoms with Crippen LogP contribution in [0.4, 0.5) is 0 Å². The molecule has 0 aromatic carbocycles. The monoisotopic (exact) mass is 182 g/mol. The maximum atomic E-state index is 2.31. The van der Waals surface area contributed by atoms with Crippen LogP contribution in [0.2, 0.25) is 0 Å². The lowest BCUT2D eigenvalue weighted by Gasteiger charge is -2.03. The first-order chi connectivity index (χ1) is 6.27. The molecule has 0 aliphatic carbocycles. The van der Waals surface area contributed by atoms with Crippen LogP contribution >= 0.6 is 0 Å². The van der Waals surface area contributed by atoms with E-state index in [0.29, 0.717) is 0 Å². The van der Waals surface area contributed by atoms with Gasteiger partial charge in [-0.25, -0.2) is 0 Å². The van der Waals surface area contributed by atoms with Crippen molar-refractivity contribution in [3.63, 3.8) is 0 Å². The molecule has 0 nitrogen and oxygen atoms in total. The van der Waals surface area contributed by atoms with E-state index in [4.69, 9.17) is 0 Å². The molecule has 0 aliphatic heterocycles. The van der Waals surface area contributed by atoms with Crippen LogP contribution in [0.1, 0.15) is 65.7 Å². The summed E-state index contributed by atoms with van der Waals surface area (Å²) in [5.41, 5.74) is 0. The van der Waals surface area contributed by atoms with Crippen molar-refractivity contribution in [2.75, 3.05) is 0 Å². The smallest absolute Gasteiger partial charge is 0.0351 e. The van der Waals surface area contributed by atoms with Gasteiger partial charge in [0, 0.05) is 0 Å². The van der Waals surface area contributed by atoms with Gasteiger partial charge in [0.15, 0.2) is 0 Å². The molecule has 0 spiro atoms. The van der Waals surface area contributed by atoms with Crippen LogP contribution in [0.25, 0.3) is 0 Å². The first-order valence-corrected chi connectivity index (χ1v) is 5.88. The molecule has 0 heteroatoms. The quantitative estimate of drug-likeness (QED) is 0.368. The highest BCUT2D eigenvalue weighted by Gasteiger charge is 1.93. The van der Waals surface area contributed by atoms with Crippen molar-refractivity contribution in [2.45, 2.75) is 65.7 Å². The van der Waals surface area contributed by atoms with Gasteiger partial charge < -0.3 is 0 Å². The van der Waals surface area contributed by atoms with Crippen LogP contribution in [0.15, 0.2) is 12.2 Å². The Hall–Kier alpha value is -0.260. The predicted molar refractivity (Wildman–Crippen MR) is 62.0 cm³/mol. The Bertz CT molecular complexity index is 111. The van der Waals surface area contributed by atoms with Crippen LogP contribution in [0.3, 0.4) is 0 Å². The minimum absolute atomic E-state index is 0.892. The topological polar surface area (TPSA) is 0 Å².